The number of amides is 2. The molecule has 0 spiro atoms. The zero-order valence-corrected chi connectivity index (χ0v) is 16.1. The van der Waals surface area contributed by atoms with Crippen molar-refractivity contribution < 1.29 is 4.79 Å². The number of pyridine rings is 1. The average molecular weight is 383 g/mol. The van der Waals surface area contributed by atoms with Gasteiger partial charge in [0.2, 0.25) is 0 Å². The van der Waals surface area contributed by atoms with E-state index in [9.17, 15) is 9.59 Å². The second-order valence-electron chi connectivity index (χ2n) is 6.95. The van der Waals surface area contributed by atoms with E-state index >= 15 is 0 Å². The van der Waals surface area contributed by atoms with Crippen molar-refractivity contribution in [1.29, 1.82) is 0 Å². The minimum absolute atomic E-state index is 0.00367. The molecule has 140 valence electrons. The minimum atomic E-state index is -0.390. The summed E-state index contributed by atoms with van der Waals surface area (Å²) in [5.41, 5.74) is 0.757. The lowest BCUT2D eigenvalue weighted by Gasteiger charge is -2.08. The molecule has 2 amide bonds. The molecule has 1 unspecified atom stereocenters. The Morgan fingerprint density at radius 2 is 2.15 bits per heavy atom. The van der Waals surface area contributed by atoms with Crippen LogP contribution in [-0.2, 0) is 13.0 Å². The molecule has 1 aliphatic rings. The highest BCUT2D eigenvalue weighted by molar-refractivity contribution is 7.22. The van der Waals surface area contributed by atoms with Crippen molar-refractivity contribution in [2.24, 2.45) is 5.92 Å². The van der Waals surface area contributed by atoms with Crippen LogP contribution in [-0.4, -0.2) is 20.6 Å². The fourth-order valence-corrected chi connectivity index (χ4v) is 4.44. The monoisotopic (exact) mass is 383 g/mol. The van der Waals surface area contributed by atoms with Crippen molar-refractivity contribution >= 4 is 38.4 Å². The summed E-state index contributed by atoms with van der Waals surface area (Å²) in [4.78, 5) is 34.8. The molecular formula is C19H21N5O2S. The molecule has 2 N–H and O–H groups in total. The van der Waals surface area contributed by atoms with Gasteiger partial charge in [0.1, 0.15) is 21.5 Å². The summed E-state index contributed by atoms with van der Waals surface area (Å²) in [6, 6.07) is 4.90. The Morgan fingerprint density at radius 3 is 2.93 bits per heavy atom. The maximum Gasteiger partial charge on any atom is 0.325 e. The van der Waals surface area contributed by atoms with Crippen LogP contribution in [0.3, 0.4) is 0 Å². The Labute approximate surface area is 160 Å². The first-order chi connectivity index (χ1) is 13.0. The van der Waals surface area contributed by atoms with Crippen LogP contribution in [0.4, 0.5) is 15.6 Å². The third-order valence-electron chi connectivity index (χ3n) is 4.97. The molecule has 8 heteroatoms. The summed E-state index contributed by atoms with van der Waals surface area (Å²) in [7, 11) is 0. The van der Waals surface area contributed by atoms with Crippen LogP contribution in [0.15, 0.2) is 29.2 Å². The van der Waals surface area contributed by atoms with Gasteiger partial charge in [-0.2, -0.15) is 0 Å². The van der Waals surface area contributed by atoms with Gasteiger partial charge in [0, 0.05) is 19.2 Å². The van der Waals surface area contributed by atoms with E-state index in [-0.39, 0.29) is 11.6 Å². The van der Waals surface area contributed by atoms with E-state index in [2.05, 4.69) is 22.5 Å². The molecule has 0 fully saturated rings. The number of carbonyl (C=O) groups is 1. The molecular weight excluding hydrogens is 362 g/mol. The molecule has 1 aliphatic heterocycles. The van der Waals surface area contributed by atoms with Crippen LogP contribution in [0, 0.1) is 12.8 Å². The highest BCUT2D eigenvalue weighted by atomic mass is 32.1. The number of aromatic nitrogens is 3. The molecule has 0 bridgehead atoms. The number of hydrogen-bond acceptors (Lipinski definition) is 5. The van der Waals surface area contributed by atoms with Gasteiger partial charge < -0.3 is 0 Å². The SMILES string of the molecule is Cc1c(NC(=O)Nc2ccccn2)sc2nc3n(c(=O)c12)CCC(C)CC3. The van der Waals surface area contributed by atoms with Crippen molar-refractivity contribution in [3.05, 3.63) is 46.1 Å². The Balaban J connectivity index is 1.65. The Hall–Kier alpha value is -2.74. The summed E-state index contributed by atoms with van der Waals surface area (Å²) in [5.74, 6) is 1.91. The Bertz CT molecular complexity index is 1060. The number of hydrogen-bond donors (Lipinski definition) is 2. The average Bonchev–Trinajstić information content (AvgIpc) is 2.82. The number of carbonyl (C=O) groups excluding carboxylic acids is 1. The number of urea groups is 1. The molecule has 3 aromatic rings. The maximum atomic E-state index is 13.0. The van der Waals surface area contributed by atoms with Gasteiger partial charge in [-0.3, -0.25) is 20.0 Å². The first-order valence-electron chi connectivity index (χ1n) is 9.05. The summed E-state index contributed by atoms with van der Waals surface area (Å²) >= 11 is 1.34. The molecule has 1 atom stereocenters. The maximum absolute atomic E-state index is 13.0. The Kier molecular flexibility index (Phi) is 4.65. The lowest BCUT2D eigenvalue weighted by molar-refractivity contribution is 0.262. The van der Waals surface area contributed by atoms with Crippen molar-refractivity contribution in [3.8, 4) is 0 Å². The standard InChI is InChI=1S/C19H21N5O2S/c1-11-6-7-14-22-17-15(18(25)24(14)10-8-11)12(2)16(27-17)23-19(26)21-13-5-3-4-9-20-13/h3-5,9,11H,6-8,10H2,1-2H3,(H2,20,21,23,26). The second kappa shape index (κ2) is 7.11. The number of nitrogens with zero attached hydrogens (tertiary/aromatic N) is 3. The van der Waals surface area contributed by atoms with Crippen LogP contribution >= 0.6 is 11.3 Å². The van der Waals surface area contributed by atoms with E-state index in [1.807, 2.05) is 11.5 Å². The van der Waals surface area contributed by atoms with Crippen LogP contribution in [0.2, 0.25) is 0 Å². The number of thiophene rings is 1. The van der Waals surface area contributed by atoms with Crippen LogP contribution in [0.1, 0.15) is 31.2 Å². The van der Waals surface area contributed by atoms with Gasteiger partial charge in [-0.15, -0.1) is 0 Å². The van der Waals surface area contributed by atoms with Gasteiger partial charge in [0.05, 0.1) is 5.39 Å². The highest BCUT2D eigenvalue weighted by Crippen LogP contribution is 2.33. The van der Waals surface area contributed by atoms with Gasteiger partial charge in [-0.05, 0) is 43.4 Å². The number of rotatable bonds is 2. The molecule has 3 aromatic heterocycles. The van der Waals surface area contributed by atoms with Crippen LogP contribution in [0.25, 0.3) is 10.2 Å². The first-order valence-corrected chi connectivity index (χ1v) is 9.86. The minimum Gasteiger partial charge on any atom is -0.299 e. The highest BCUT2D eigenvalue weighted by Gasteiger charge is 2.21. The normalized spacial score (nSPS) is 16.6. The van der Waals surface area contributed by atoms with Gasteiger partial charge in [-0.25, -0.2) is 14.8 Å². The summed E-state index contributed by atoms with van der Waals surface area (Å²) in [6.45, 7) is 4.77. The third-order valence-corrected chi connectivity index (χ3v) is 6.07. The largest absolute Gasteiger partial charge is 0.325 e. The van der Waals surface area contributed by atoms with Gasteiger partial charge in [0.15, 0.2) is 0 Å². The topological polar surface area (TPSA) is 88.9 Å². The van der Waals surface area contributed by atoms with E-state index in [1.54, 1.807) is 24.4 Å². The predicted octanol–water partition coefficient (Wildman–Crippen LogP) is 3.78. The molecule has 0 aromatic carbocycles. The number of aryl methyl sites for hydroxylation is 2. The van der Waals surface area contributed by atoms with Crippen molar-refractivity contribution in [1.82, 2.24) is 14.5 Å². The van der Waals surface area contributed by atoms with Gasteiger partial charge >= 0.3 is 6.03 Å². The molecule has 4 rings (SSSR count). The first kappa shape index (κ1) is 17.7. The second-order valence-corrected chi connectivity index (χ2v) is 7.95. The smallest absolute Gasteiger partial charge is 0.299 e. The van der Waals surface area contributed by atoms with Gasteiger partial charge in [0.25, 0.3) is 5.56 Å². The van der Waals surface area contributed by atoms with E-state index < -0.39 is 0 Å². The number of anilines is 2. The zero-order valence-electron chi connectivity index (χ0n) is 15.3. The predicted molar refractivity (Wildman–Crippen MR) is 108 cm³/mol. The van der Waals surface area contributed by atoms with E-state index in [4.69, 9.17) is 4.98 Å². The molecule has 0 aliphatic carbocycles. The van der Waals surface area contributed by atoms with Crippen molar-refractivity contribution in [2.75, 3.05) is 10.6 Å². The lowest BCUT2D eigenvalue weighted by Crippen LogP contribution is -2.24. The van der Waals surface area contributed by atoms with Crippen molar-refractivity contribution in [2.45, 2.75) is 39.7 Å². The van der Waals surface area contributed by atoms with Crippen LogP contribution < -0.4 is 16.2 Å². The lowest BCUT2D eigenvalue weighted by atomic mass is 10.0. The molecule has 7 nitrogen and oxygen atoms in total. The zero-order chi connectivity index (χ0) is 19.0. The van der Waals surface area contributed by atoms with E-state index in [0.29, 0.717) is 33.5 Å². The quantitative estimate of drug-likeness (QED) is 0.705. The summed E-state index contributed by atoms with van der Waals surface area (Å²) in [6.07, 6.45) is 4.45. The van der Waals surface area contributed by atoms with Crippen molar-refractivity contribution in [3.63, 3.8) is 0 Å². The molecule has 0 radical (unpaired) electrons. The van der Waals surface area contributed by atoms with Crippen LogP contribution in [0.5, 0.6) is 0 Å². The molecule has 0 saturated heterocycles. The number of nitrogens with one attached hydrogen (secondary N) is 2. The van der Waals surface area contributed by atoms with Gasteiger partial charge in [-0.1, -0.05) is 24.3 Å². The molecule has 27 heavy (non-hydrogen) atoms. The fourth-order valence-electron chi connectivity index (χ4n) is 3.36. The molecule has 4 heterocycles. The fraction of sp³-hybridized carbons (Fsp3) is 0.368. The van der Waals surface area contributed by atoms with E-state index in [1.165, 1.54) is 11.3 Å². The van der Waals surface area contributed by atoms with E-state index in [0.717, 1.165) is 30.7 Å². The third kappa shape index (κ3) is 3.44. The summed E-state index contributed by atoms with van der Waals surface area (Å²) < 4.78 is 1.81. The molecule has 0 saturated carbocycles. The Morgan fingerprint density at radius 1 is 1.30 bits per heavy atom. The summed E-state index contributed by atoms with van der Waals surface area (Å²) in [5, 5.41) is 6.75. The number of fused-ring (bicyclic) bond motifs is 2.